The molecule has 8 heteroatoms. The molecule has 0 bridgehead atoms. The van der Waals surface area contributed by atoms with E-state index in [0.29, 0.717) is 17.7 Å². The van der Waals surface area contributed by atoms with Gasteiger partial charge in [0.1, 0.15) is 17.5 Å². The summed E-state index contributed by atoms with van der Waals surface area (Å²) in [5.74, 6) is 1.09. The number of amides is 3. The van der Waals surface area contributed by atoms with Crippen LogP contribution in [0.25, 0.3) is 0 Å². The Labute approximate surface area is 180 Å². The normalized spacial score (nSPS) is 24.2. The van der Waals surface area contributed by atoms with Gasteiger partial charge in [-0.1, -0.05) is 18.2 Å². The first-order valence-corrected chi connectivity index (χ1v) is 12.7. The third kappa shape index (κ3) is 4.01. The molecule has 6 nitrogen and oxygen atoms in total. The van der Waals surface area contributed by atoms with Gasteiger partial charge in [0.2, 0.25) is 11.8 Å². The maximum Gasteiger partial charge on any atom is 0.256 e. The zero-order valence-corrected chi connectivity index (χ0v) is 18.3. The molecule has 1 aromatic carbocycles. The van der Waals surface area contributed by atoms with Gasteiger partial charge in [-0.25, -0.2) is 0 Å². The summed E-state index contributed by atoms with van der Waals surface area (Å²) >= 11 is 3.29. The van der Waals surface area contributed by atoms with Gasteiger partial charge in [-0.2, -0.15) is 11.8 Å². The van der Waals surface area contributed by atoms with E-state index in [2.05, 4.69) is 5.32 Å². The van der Waals surface area contributed by atoms with E-state index < -0.39 is 12.1 Å². The number of fused-ring (bicyclic) bond motifs is 3. The summed E-state index contributed by atoms with van der Waals surface area (Å²) < 4.78 is 0. The molecule has 3 heterocycles. The number of nitrogens with zero attached hydrogens (tertiary/aromatic N) is 2. The van der Waals surface area contributed by atoms with Crippen molar-refractivity contribution in [3.63, 3.8) is 0 Å². The van der Waals surface area contributed by atoms with Crippen molar-refractivity contribution in [2.24, 2.45) is 0 Å². The monoisotopic (exact) mass is 433 g/mol. The second-order valence-electron chi connectivity index (χ2n) is 7.73. The number of hydrogen-bond donors (Lipinski definition) is 1. The van der Waals surface area contributed by atoms with E-state index in [9.17, 15) is 14.4 Å². The molecule has 3 unspecified atom stereocenters. The lowest BCUT2D eigenvalue weighted by Crippen LogP contribution is -2.54. The van der Waals surface area contributed by atoms with Crippen LogP contribution < -0.4 is 5.32 Å². The summed E-state index contributed by atoms with van der Waals surface area (Å²) in [7, 11) is 0. The molecule has 3 aliphatic heterocycles. The van der Waals surface area contributed by atoms with Gasteiger partial charge in [0.25, 0.3) is 5.91 Å². The predicted octanol–water partition coefficient (Wildman–Crippen LogP) is 2.51. The van der Waals surface area contributed by atoms with Gasteiger partial charge in [-0.3, -0.25) is 14.4 Å². The fourth-order valence-corrected chi connectivity index (χ4v) is 6.27. The first kappa shape index (κ1) is 20.6. The molecule has 156 valence electrons. The van der Waals surface area contributed by atoms with Crippen LogP contribution in [0, 0.1) is 0 Å². The van der Waals surface area contributed by atoms with E-state index >= 15 is 0 Å². The van der Waals surface area contributed by atoms with Crippen molar-refractivity contribution in [2.75, 3.05) is 30.9 Å². The second kappa shape index (κ2) is 9.00. The van der Waals surface area contributed by atoms with Crippen LogP contribution in [-0.4, -0.2) is 70.5 Å². The summed E-state index contributed by atoms with van der Waals surface area (Å²) in [5, 5.41) is 2.90. The van der Waals surface area contributed by atoms with Crippen LogP contribution in [0.2, 0.25) is 0 Å². The zero-order chi connectivity index (χ0) is 20.4. The molecule has 1 N–H and O–H groups in total. The van der Waals surface area contributed by atoms with Gasteiger partial charge in [-0.15, -0.1) is 11.8 Å². The molecule has 3 amide bonds. The lowest BCUT2D eigenvalue weighted by Gasteiger charge is -2.32. The highest BCUT2D eigenvalue weighted by Gasteiger charge is 2.48. The lowest BCUT2D eigenvalue weighted by molar-refractivity contribution is -0.138. The summed E-state index contributed by atoms with van der Waals surface area (Å²) in [6.45, 7) is 1.54. The minimum Gasteiger partial charge on any atom is -0.342 e. The van der Waals surface area contributed by atoms with E-state index in [0.717, 1.165) is 43.7 Å². The van der Waals surface area contributed by atoms with Crippen molar-refractivity contribution in [2.45, 2.75) is 43.1 Å². The molecular weight excluding hydrogens is 406 g/mol. The zero-order valence-electron chi connectivity index (χ0n) is 16.6. The molecule has 2 saturated heterocycles. The Hall–Kier alpha value is -1.67. The van der Waals surface area contributed by atoms with Gasteiger partial charge >= 0.3 is 0 Å². The molecule has 0 radical (unpaired) electrons. The van der Waals surface area contributed by atoms with Gasteiger partial charge in [0, 0.05) is 24.4 Å². The molecule has 0 saturated carbocycles. The molecule has 1 aromatic rings. The SMILES string of the molecule is CSCCC(NC(=O)C1CSC2c3ccccc3C(=O)N12)C(=O)N1CCCCC1. The molecule has 0 spiro atoms. The number of thioether (sulfide) groups is 2. The van der Waals surface area contributed by atoms with Gasteiger partial charge < -0.3 is 15.1 Å². The van der Waals surface area contributed by atoms with Gasteiger partial charge in [0.05, 0.1) is 0 Å². The number of carbonyl (C=O) groups is 3. The smallest absolute Gasteiger partial charge is 0.256 e. The largest absolute Gasteiger partial charge is 0.342 e. The number of benzene rings is 1. The van der Waals surface area contributed by atoms with E-state index in [4.69, 9.17) is 0 Å². The van der Waals surface area contributed by atoms with Crippen LogP contribution in [0.1, 0.15) is 47.0 Å². The van der Waals surface area contributed by atoms with Gasteiger partial charge in [-0.05, 0) is 49.3 Å². The topological polar surface area (TPSA) is 69.7 Å². The highest BCUT2D eigenvalue weighted by molar-refractivity contribution is 7.99. The Morgan fingerprint density at radius 2 is 2.00 bits per heavy atom. The van der Waals surface area contributed by atoms with Crippen LogP contribution in [0.5, 0.6) is 0 Å². The number of carbonyl (C=O) groups excluding carboxylic acids is 3. The number of likely N-dealkylation sites (tertiary alicyclic amines) is 1. The fraction of sp³-hybridized carbons (Fsp3) is 0.571. The van der Waals surface area contributed by atoms with Crippen LogP contribution in [0.15, 0.2) is 24.3 Å². The van der Waals surface area contributed by atoms with Crippen molar-refractivity contribution in [1.82, 2.24) is 15.1 Å². The van der Waals surface area contributed by atoms with E-state index in [1.165, 1.54) is 0 Å². The highest BCUT2D eigenvalue weighted by atomic mass is 32.2. The Morgan fingerprint density at radius 1 is 1.24 bits per heavy atom. The molecule has 2 fully saturated rings. The molecule has 4 rings (SSSR count). The van der Waals surface area contributed by atoms with Crippen LogP contribution >= 0.6 is 23.5 Å². The first-order valence-electron chi connectivity index (χ1n) is 10.2. The standard InChI is InChI=1S/C21H27N3O3S2/c1-28-12-9-16(20(27)23-10-5-2-6-11-23)22-18(25)17-13-29-21-15-8-4-3-7-14(15)19(26)24(17)21/h3-4,7-8,16-17,21H,2,5-6,9-13H2,1H3,(H,22,25). The Morgan fingerprint density at radius 3 is 2.76 bits per heavy atom. The quantitative estimate of drug-likeness (QED) is 0.747. The maximum absolute atomic E-state index is 13.1. The van der Waals surface area contributed by atoms with Crippen molar-refractivity contribution in [3.8, 4) is 0 Å². The van der Waals surface area contributed by atoms with E-state index in [-0.39, 0.29) is 23.1 Å². The average Bonchev–Trinajstić information content (AvgIpc) is 3.31. The summed E-state index contributed by atoms with van der Waals surface area (Å²) in [4.78, 5) is 42.7. The van der Waals surface area contributed by atoms with Crippen molar-refractivity contribution < 1.29 is 14.4 Å². The Bertz CT molecular complexity index is 797. The third-order valence-electron chi connectivity index (χ3n) is 5.89. The molecule has 3 atom stereocenters. The Kier molecular flexibility index (Phi) is 6.39. The van der Waals surface area contributed by atoms with E-state index in [1.54, 1.807) is 28.4 Å². The second-order valence-corrected chi connectivity index (χ2v) is 9.83. The average molecular weight is 434 g/mol. The molecule has 0 aliphatic carbocycles. The van der Waals surface area contributed by atoms with Crippen LogP contribution in [0.4, 0.5) is 0 Å². The lowest BCUT2D eigenvalue weighted by atomic mass is 10.1. The first-order chi connectivity index (χ1) is 14.1. The number of nitrogens with one attached hydrogen (secondary N) is 1. The molecule has 3 aliphatic rings. The molecular formula is C21H27N3O3S2. The summed E-state index contributed by atoms with van der Waals surface area (Å²) in [6.07, 6.45) is 5.82. The van der Waals surface area contributed by atoms with Crippen molar-refractivity contribution in [1.29, 1.82) is 0 Å². The summed E-state index contributed by atoms with van der Waals surface area (Å²) in [5.41, 5.74) is 1.67. The van der Waals surface area contributed by atoms with Crippen LogP contribution in [0.3, 0.4) is 0 Å². The maximum atomic E-state index is 13.1. The number of piperidine rings is 1. The summed E-state index contributed by atoms with van der Waals surface area (Å²) in [6, 6.07) is 6.53. The number of hydrogen-bond acceptors (Lipinski definition) is 5. The number of rotatable bonds is 6. The van der Waals surface area contributed by atoms with Crippen molar-refractivity contribution >= 4 is 41.2 Å². The minimum atomic E-state index is -0.532. The predicted molar refractivity (Wildman–Crippen MR) is 117 cm³/mol. The minimum absolute atomic E-state index is 0.0188. The van der Waals surface area contributed by atoms with Crippen molar-refractivity contribution in [3.05, 3.63) is 35.4 Å². The van der Waals surface area contributed by atoms with Crippen LogP contribution in [-0.2, 0) is 9.59 Å². The Balaban J connectivity index is 1.46. The fourth-order valence-electron chi connectivity index (χ4n) is 4.34. The van der Waals surface area contributed by atoms with Gasteiger partial charge in [0.15, 0.2) is 0 Å². The van der Waals surface area contributed by atoms with E-state index in [1.807, 2.05) is 35.4 Å². The third-order valence-corrected chi connectivity index (χ3v) is 7.84. The molecule has 0 aromatic heterocycles. The molecule has 29 heavy (non-hydrogen) atoms. The highest BCUT2D eigenvalue weighted by Crippen LogP contribution is 2.48.